The molecule has 1 amide bonds. The molecule has 0 bridgehead atoms. The quantitative estimate of drug-likeness (QED) is 0.243. The van der Waals surface area contributed by atoms with Crippen LogP contribution in [0.15, 0.2) is 61.1 Å². The first-order chi connectivity index (χ1) is 19.6. The predicted molar refractivity (Wildman–Crippen MR) is 155 cm³/mol. The zero-order valence-electron chi connectivity index (χ0n) is 21.8. The van der Waals surface area contributed by atoms with Crippen molar-refractivity contribution >= 4 is 34.7 Å². The number of benzene rings is 1. The van der Waals surface area contributed by atoms with E-state index in [1.807, 2.05) is 42.5 Å². The summed E-state index contributed by atoms with van der Waals surface area (Å²) in [5, 5.41) is 20.3. The molecule has 4 aromatic rings. The molecular formula is C30H29N7O2S. The Bertz CT molecular complexity index is 1530. The Kier molecular flexibility index (Phi) is 7.66. The van der Waals surface area contributed by atoms with E-state index in [2.05, 4.69) is 42.7 Å². The number of anilines is 3. The van der Waals surface area contributed by atoms with E-state index in [0.717, 1.165) is 61.0 Å². The van der Waals surface area contributed by atoms with Crippen molar-refractivity contribution in [1.82, 2.24) is 25.3 Å². The normalized spacial score (nSPS) is 18.3. The average molecular weight is 552 g/mol. The summed E-state index contributed by atoms with van der Waals surface area (Å²) in [7, 11) is 0. The largest absolute Gasteiger partial charge is 0.393 e. The maximum absolute atomic E-state index is 12.2. The predicted octanol–water partition coefficient (Wildman–Crippen LogP) is 4.75. The Morgan fingerprint density at radius 1 is 0.900 bits per heavy atom. The first-order valence-electron chi connectivity index (χ1n) is 13.5. The summed E-state index contributed by atoms with van der Waals surface area (Å²) >= 11 is 1.30. The third-order valence-corrected chi connectivity index (χ3v) is 7.78. The van der Waals surface area contributed by atoms with Gasteiger partial charge in [0.05, 0.1) is 23.6 Å². The second kappa shape index (κ2) is 11.8. The molecule has 9 nitrogen and oxygen atoms in total. The van der Waals surface area contributed by atoms with Gasteiger partial charge in [-0.2, -0.15) is 4.98 Å². The van der Waals surface area contributed by atoms with E-state index in [1.54, 1.807) is 18.6 Å². The van der Waals surface area contributed by atoms with Crippen LogP contribution in [0.3, 0.4) is 0 Å². The van der Waals surface area contributed by atoms with Crippen molar-refractivity contribution in [2.24, 2.45) is 0 Å². The number of thiazole rings is 1. The van der Waals surface area contributed by atoms with Gasteiger partial charge in [-0.15, -0.1) is 11.3 Å². The number of pyridine rings is 1. The van der Waals surface area contributed by atoms with Crippen LogP contribution in [0, 0.1) is 11.8 Å². The summed E-state index contributed by atoms with van der Waals surface area (Å²) in [6.07, 6.45) is 10.3. The number of carbonyl (C=O) groups is 1. The van der Waals surface area contributed by atoms with Gasteiger partial charge in [0, 0.05) is 35.7 Å². The molecule has 3 aromatic heterocycles. The SMILES string of the molecule is O=C(NC1CC1)c1cnc(C#Cc2ccc(Nc3ncc(-c4ccccn4)c(NC4CCC(O)CC4)n3)cc2)s1. The number of aliphatic hydroxyl groups is 1. The molecule has 1 aromatic carbocycles. The lowest BCUT2D eigenvalue weighted by molar-refractivity contribution is 0.0955. The lowest BCUT2D eigenvalue weighted by Gasteiger charge is -2.27. The van der Waals surface area contributed by atoms with E-state index in [-0.39, 0.29) is 18.1 Å². The molecule has 6 rings (SSSR count). The molecule has 0 spiro atoms. The lowest BCUT2D eigenvalue weighted by Crippen LogP contribution is -2.29. The van der Waals surface area contributed by atoms with Crippen molar-refractivity contribution in [3.05, 3.63) is 76.5 Å². The molecule has 2 aliphatic carbocycles. The van der Waals surface area contributed by atoms with Crippen molar-refractivity contribution in [1.29, 1.82) is 0 Å². The molecule has 10 heteroatoms. The van der Waals surface area contributed by atoms with Crippen LogP contribution in [0.5, 0.6) is 0 Å². The van der Waals surface area contributed by atoms with E-state index in [9.17, 15) is 9.90 Å². The molecule has 4 N–H and O–H groups in total. The molecule has 40 heavy (non-hydrogen) atoms. The summed E-state index contributed by atoms with van der Waals surface area (Å²) in [5.41, 5.74) is 3.29. The number of nitrogens with zero attached hydrogens (tertiary/aromatic N) is 4. The third kappa shape index (κ3) is 6.62. The monoisotopic (exact) mass is 551 g/mol. The van der Waals surface area contributed by atoms with Gasteiger partial charge in [0.25, 0.3) is 5.91 Å². The summed E-state index contributed by atoms with van der Waals surface area (Å²) in [5.74, 6) is 7.27. The number of hydrogen-bond donors (Lipinski definition) is 4. The highest BCUT2D eigenvalue weighted by Gasteiger charge is 2.24. The molecule has 0 saturated heterocycles. The zero-order chi connectivity index (χ0) is 27.3. The topological polar surface area (TPSA) is 125 Å². The first kappa shape index (κ1) is 25.9. The molecule has 0 atom stereocenters. The van der Waals surface area contributed by atoms with Crippen LogP contribution in [0.4, 0.5) is 17.5 Å². The molecule has 0 radical (unpaired) electrons. The molecule has 0 unspecified atom stereocenters. The second-order valence-electron chi connectivity index (χ2n) is 10.1. The fourth-order valence-corrected chi connectivity index (χ4v) is 5.16. The Morgan fingerprint density at radius 2 is 1.70 bits per heavy atom. The highest BCUT2D eigenvalue weighted by molar-refractivity contribution is 7.14. The molecular weight excluding hydrogens is 522 g/mol. The van der Waals surface area contributed by atoms with Crippen LogP contribution in [0.25, 0.3) is 11.3 Å². The maximum atomic E-state index is 12.2. The van der Waals surface area contributed by atoms with Crippen LogP contribution in [0.2, 0.25) is 0 Å². The van der Waals surface area contributed by atoms with Gasteiger partial charge in [-0.25, -0.2) is 9.97 Å². The van der Waals surface area contributed by atoms with Gasteiger partial charge in [0.15, 0.2) is 5.01 Å². The number of carbonyl (C=O) groups excluding carboxylic acids is 1. The minimum absolute atomic E-state index is 0.0744. The summed E-state index contributed by atoms with van der Waals surface area (Å²) in [6, 6.07) is 14.0. The third-order valence-electron chi connectivity index (χ3n) is 6.86. The zero-order valence-corrected chi connectivity index (χ0v) is 22.6. The highest BCUT2D eigenvalue weighted by atomic mass is 32.1. The van der Waals surface area contributed by atoms with E-state index in [4.69, 9.17) is 4.98 Å². The van der Waals surface area contributed by atoms with Gasteiger partial charge < -0.3 is 21.1 Å². The van der Waals surface area contributed by atoms with Crippen LogP contribution >= 0.6 is 11.3 Å². The van der Waals surface area contributed by atoms with E-state index < -0.39 is 0 Å². The minimum atomic E-state index is -0.221. The molecule has 2 aliphatic rings. The van der Waals surface area contributed by atoms with Gasteiger partial charge in [-0.1, -0.05) is 12.0 Å². The molecule has 2 fully saturated rings. The smallest absolute Gasteiger partial charge is 0.263 e. The molecule has 2 saturated carbocycles. The molecule has 3 heterocycles. The average Bonchev–Trinajstić information content (AvgIpc) is 3.67. The Balaban J connectivity index is 1.14. The molecule has 202 valence electrons. The highest BCUT2D eigenvalue weighted by Crippen LogP contribution is 2.29. The first-order valence-corrected chi connectivity index (χ1v) is 14.3. The summed E-state index contributed by atoms with van der Waals surface area (Å²) < 4.78 is 0. The number of amides is 1. The second-order valence-corrected chi connectivity index (χ2v) is 11.1. The number of aromatic nitrogens is 4. The van der Waals surface area contributed by atoms with Crippen molar-refractivity contribution in [3.8, 4) is 23.1 Å². The molecule has 0 aliphatic heterocycles. The Morgan fingerprint density at radius 3 is 2.45 bits per heavy atom. The van der Waals surface area contributed by atoms with Gasteiger partial charge >= 0.3 is 0 Å². The van der Waals surface area contributed by atoms with E-state index in [1.165, 1.54) is 11.3 Å². The van der Waals surface area contributed by atoms with Crippen LogP contribution < -0.4 is 16.0 Å². The standard InChI is InChI=1S/C30H29N7O2S/c38-23-13-11-20(12-14-23)34-28-24(25-3-1-2-16-31-25)17-33-30(37-28)36-22-7-4-19(5-8-22)6-15-27-32-18-26(40-27)29(39)35-21-9-10-21/h1-5,7-8,16-18,20-21,23,38H,9-14H2,(H,35,39)(H2,33,34,36,37). The van der Waals surface area contributed by atoms with Crippen LogP contribution in [0.1, 0.15) is 58.8 Å². The lowest BCUT2D eigenvalue weighted by atomic mass is 9.93. The number of nitrogens with one attached hydrogen (secondary N) is 3. The summed E-state index contributed by atoms with van der Waals surface area (Å²) in [6.45, 7) is 0. The van der Waals surface area contributed by atoms with Crippen LogP contribution in [-0.2, 0) is 0 Å². The number of hydrogen-bond acceptors (Lipinski definition) is 9. The number of rotatable bonds is 7. The minimum Gasteiger partial charge on any atom is -0.393 e. The van der Waals surface area contributed by atoms with E-state index >= 15 is 0 Å². The summed E-state index contributed by atoms with van der Waals surface area (Å²) in [4.78, 5) is 30.8. The van der Waals surface area contributed by atoms with Crippen molar-refractivity contribution in [3.63, 3.8) is 0 Å². The van der Waals surface area contributed by atoms with Crippen molar-refractivity contribution in [2.75, 3.05) is 10.6 Å². The Hall–Kier alpha value is -4.33. The fourth-order valence-electron chi connectivity index (χ4n) is 4.49. The van der Waals surface area contributed by atoms with E-state index in [0.29, 0.717) is 27.7 Å². The fraction of sp³-hybridized carbons (Fsp3) is 0.300. The maximum Gasteiger partial charge on any atom is 0.263 e. The number of aliphatic hydroxyl groups excluding tert-OH is 1. The van der Waals surface area contributed by atoms with Crippen molar-refractivity contribution in [2.45, 2.75) is 56.7 Å². The van der Waals surface area contributed by atoms with Gasteiger partial charge in [0.1, 0.15) is 10.7 Å². The van der Waals surface area contributed by atoms with Gasteiger partial charge in [-0.05, 0) is 80.8 Å². The van der Waals surface area contributed by atoms with Gasteiger partial charge in [-0.3, -0.25) is 9.78 Å². The Labute approximate surface area is 236 Å². The van der Waals surface area contributed by atoms with Gasteiger partial charge in [0.2, 0.25) is 5.95 Å². The van der Waals surface area contributed by atoms with Crippen molar-refractivity contribution < 1.29 is 9.90 Å². The van der Waals surface area contributed by atoms with Crippen LogP contribution in [-0.4, -0.2) is 49.1 Å².